The Hall–Kier alpha value is -4.28. The molecule has 0 fully saturated rings. The van der Waals surface area contributed by atoms with Crippen LogP contribution in [0.3, 0.4) is 0 Å². The van der Waals surface area contributed by atoms with Crippen molar-refractivity contribution < 1.29 is 32.2 Å². The number of pyridine rings is 1. The SMILES string of the molecule is CCNC(=O)Cc1cc(CNc2cc(F)ccc2C(=O)Nc2ccc3c(c2)OC(F)(F)O3)ccn1. The van der Waals surface area contributed by atoms with Gasteiger partial charge in [-0.25, -0.2) is 4.39 Å². The van der Waals surface area contributed by atoms with E-state index in [1.54, 1.807) is 18.3 Å². The summed E-state index contributed by atoms with van der Waals surface area (Å²) in [5.74, 6) is -1.67. The van der Waals surface area contributed by atoms with E-state index in [4.69, 9.17) is 0 Å². The minimum Gasteiger partial charge on any atom is -0.395 e. The number of nitrogens with one attached hydrogen (secondary N) is 3. The monoisotopic (exact) mass is 486 g/mol. The third kappa shape index (κ3) is 5.99. The van der Waals surface area contributed by atoms with Gasteiger partial charge in [-0.2, -0.15) is 0 Å². The molecule has 182 valence electrons. The number of hydrogen-bond donors (Lipinski definition) is 3. The predicted molar refractivity (Wildman–Crippen MR) is 121 cm³/mol. The Morgan fingerprint density at radius 3 is 2.63 bits per heavy atom. The Balaban J connectivity index is 1.46. The van der Waals surface area contributed by atoms with Crippen LogP contribution in [-0.4, -0.2) is 29.6 Å². The number of benzene rings is 2. The molecule has 3 aromatic rings. The van der Waals surface area contributed by atoms with Gasteiger partial charge < -0.3 is 25.4 Å². The molecule has 8 nitrogen and oxygen atoms in total. The maximum atomic E-state index is 13.9. The van der Waals surface area contributed by atoms with Crippen LogP contribution in [0.4, 0.5) is 24.5 Å². The summed E-state index contributed by atoms with van der Waals surface area (Å²) < 4.78 is 49.1. The van der Waals surface area contributed by atoms with Gasteiger partial charge >= 0.3 is 6.29 Å². The maximum absolute atomic E-state index is 13.9. The number of rotatable bonds is 8. The van der Waals surface area contributed by atoms with Gasteiger partial charge in [0.1, 0.15) is 5.82 Å². The zero-order valence-electron chi connectivity index (χ0n) is 18.5. The van der Waals surface area contributed by atoms with Gasteiger partial charge in [0.05, 0.1) is 17.7 Å². The number of aromatic nitrogens is 1. The number of fused-ring (bicyclic) bond motifs is 1. The smallest absolute Gasteiger partial charge is 0.395 e. The second-order valence-electron chi connectivity index (χ2n) is 7.61. The standard InChI is InChI=1S/C24H21F3N4O4/c1-2-28-22(32)12-17-9-14(7-8-29-17)13-30-19-10-15(25)3-5-18(19)23(33)31-16-4-6-20-21(11-16)35-24(26,27)34-20/h3-11,30H,2,12-13H2,1H3,(H,28,32)(H,31,33). The first-order valence-corrected chi connectivity index (χ1v) is 10.7. The summed E-state index contributed by atoms with van der Waals surface area (Å²) >= 11 is 0. The first-order valence-electron chi connectivity index (χ1n) is 10.7. The molecule has 4 rings (SSSR count). The summed E-state index contributed by atoms with van der Waals surface area (Å²) in [5.41, 5.74) is 1.88. The van der Waals surface area contributed by atoms with Crippen molar-refractivity contribution in [2.45, 2.75) is 26.2 Å². The molecule has 3 N–H and O–H groups in total. The molecule has 1 aromatic heterocycles. The molecule has 11 heteroatoms. The average Bonchev–Trinajstić information content (AvgIpc) is 3.11. The topological polar surface area (TPSA) is 102 Å². The summed E-state index contributed by atoms with van der Waals surface area (Å²) in [6.07, 6.45) is -2.09. The van der Waals surface area contributed by atoms with Gasteiger partial charge in [-0.15, -0.1) is 8.78 Å². The van der Waals surface area contributed by atoms with Crippen LogP contribution in [0.15, 0.2) is 54.7 Å². The Kier molecular flexibility index (Phi) is 6.76. The molecule has 0 saturated heterocycles. The number of ether oxygens (including phenoxy) is 2. The van der Waals surface area contributed by atoms with Crippen LogP contribution in [0.2, 0.25) is 0 Å². The fourth-order valence-electron chi connectivity index (χ4n) is 3.44. The van der Waals surface area contributed by atoms with E-state index < -0.39 is 18.0 Å². The van der Waals surface area contributed by atoms with Gasteiger partial charge in [0.15, 0.2) is 11.5 Å². The normalized spacial score (nSPS) is 13.3. The summed E-state index contributed by atoms with van der Waals surface area (Å²) in [7, 11) is 0. The Labute approximate surface area is 198 Å². The lowest BCUT2D eigenvalue weighted by Crippen LogP contribution is -2.25. The van der Waals surface area contributed by atoms with Crippen LogP contribution in [-0.2, 0) is 17.8 Å². The molecule has 2 amide bonds. The molecule has 1 aliphatic heterocycles. The Bertz CT molecular complexity index is 1270. The summed E-state index contributed by atoms with van der Waals surface area (Å²) in [6.45, 7) is 2.57. The van der Waals surface area contributed by atoms with E-state index in [1.165, 1.54) is 30.3 Å². The van der Waals surface area contributed by atoms with Gasteiger partial charge in [0.2, 0.25) is 5.91 Å². The van der Waals surface area contributed by atoms with Gasteiger partial charge in [0.25, 0.3) is 5.91 Å². The zero-order chi connectivity index (χ0) is 25.0. The fourth-order valence-corrected chi connectivity index (χ4v) is 3.44. The molecule has 0 atom stereocenters. The number of hydrogen-bond acceptors (Lipinski definition) is 6. The van der Waals surface area contributed by atoms with Crippen LogP contribution in [0.1, 0.15) is 28.5 Å². The van der Waals surface area contributed by atoms with Gasteiger partial charge in [-0.1, -0.05) is 0 Å². The largest absolute Gasteiger partial charge is 0.586 e. The van der Waals surface area contributed by atoms with Crippen LogP contribution in [0.25, 0.3) is 0 Å². The third-order valence-electron chi connectivity index (χ3n) is 4.96. The van der Waals surface area contributed by atoms with Crippen LogP contribution in [0.5, 0.6) is 11.5 Å². The highest BCUT2D eigenvalue weighted by Gasteiger charge is 2.43. The van der Waals surface area contributed by atoms with E-state index >= 15 is 0 Å². The molecular weight excluding hydrogens is 465 g/mol. The van der Waals surface area contributed by atoms with Gasteiger partial charge in [-0.3, -0.25) is 14.6 Å². The van der Waals surface area contributed by atoms with E-state index in [2.05, 4.69) is 30.4 Å². The molecule has 0 bridgehead atoms. The molecule has 0 radical (unpaired) electrons. The minimum absolute atomic E-state index is 0.122. The molecule has 0 aliphatic carbocycles. The number of amides is 2. The van der Waals surface area contributed by atoms with E-state index in [1.807, 2.05) is 6.92 Å². The second-order valence-corrected chi connectivity index (χ2v) is 7.61. The van der Waals surface area contributed by atoms with E-state index in [9.17, 15) is 22.8 Å². The quantitative estimate of drug-likeness (QED) is 0.444. The van der Waals surface area contributed by atoms with Crippen molar-refractivity contribution in [2.24, 2.45) is 0 Å². The maximum Gasteiger partial charge on any atom is 0.586 e. The molecule has 0 saturated carbocycles. The van der Waals surface area contributed by atoms with Gasteiger partial charge in [0, 0.05) is 36.7 Å². The molecular formula is C24H21F3N4O4. The lowest BCUT2D eigenvalue weighted by molar-refractivity contribution is -0.286. The summed E-state index contributed by atoms with van der Waals surface area (Å²) in [6, 6.07) is 10.9. The van der Waals surface area contributed by atoms with Crippen molar-refractivity contribution in [1.29, 1.82) is 0 Å². The third-order valence-corrected chi connectivity index (χ3v) is 4.96. The lowest BCUT2D eigenvalue weighted by Gasteiger charge is -2.13. The highest BCUT2D eigenvalue weighted by atomic mass is 19.3. The van der Waals surface area contributed by atoms with Crippen molar-refractivity contribution in [3.8, 4) is 11.5 Å². The van der Waals surface area contributed by atoms with Crippen molar-refractivity contribution in [2.75, 3.05) is 17.2 Å². The fraction of sp³-hybridized carbons (Fsp3) is 0.208. The number of nitrogens with zero attached hydrogens (tertiary/aromatic N) is 1. The molecule has 0 unspecified atom stereocenters. The highest BCUT2D eigenvalue weighted by Crippen LogP contribution is 2.42. The summed E-state index contributed by atoms with van der Waals surface area (Å²) in [5, 5.41) is 8.30. The van der Waals surface area contributed by atoms with Crippen molar-refractivity contribution in [3.63, 3.8) is 0 Å². The molecule has 2 aromatic carbocycles. The van der Waals surface area contributed by atoms with Crippen molar-refractivity contribution >= 4 is 23.2 Å². The second kappa shape index (κ2) is 9.92. The Morgan fingerprint density at radius 1 is 1.03 bits per heavy atom. The molecule has 35 heavy (non-hydrogen) atoms. The van der Waals surface area contributed by atoms with Crippen molar-refractivity contribution in [1.82, 2.24) is 10.3 Å². The lowest BCUT2D eigenvalue weighted by atomic mass is 10.1. The summed E-state index contributed by atoms with van der Waals surface area (Å²) in [4.78, 5) is 28.9. The number of anilines is 2. The van der Waals surface area contributed by atoms with E-state index in [0.717, 1.165) is 11.6 Å². The number of carbonyl (C=O) groups excluding carboxylic acids is 2. The number of likely N-dealkylation sites (N-methyl/N-ethyl adjacent to an activating group) is 1. The number of alkyl halides is 2. The zero-order valence-corrected chi connectivity index (χ0v) is 18.5. The van der Waals surface area contributed by atoms with Crippen LogP contribution < -0.4 is 25.4 Å². The van der Waals surface area contributed by atoms with Crippen LogP contribution in [0, 0.1) is 5.82 Å². The highest BCUT2D eigenvalue weighted by molar-refractivity contribution is 6.08. The van der Waals surface area contributed by atoms with Gasteiger partial charge in [-0.05, 0) is 55.0 Å². The van der Waals surface area contributed by atoms with Crippen LogP contribution >= 0.6 is 0 Å². The first kappa shape index (κ1) is 23.9. The van der Waals surface area contributed by atoms with E-state index in [-0.39, 0.29) is 47.3 Å². The first-order chi connectivity index (χ1) is 16.7. The average molecular weight is 486 g/mol. The number of carbonyl (C=O) groups is 2. The molecule has 2 heterocycles. The minimum atomic E-state index is -3.77. The van der Waals surface area contributed by atoms with Crippen molar-refractivity contribution in [3.05, 3.63) is 77.4 Å². The van der Waals surface area contributed by atoms with E-state index in [0.29, 0.717) is 12.2 Å². The Morgan fingerprint density at radius 2 is 1.83 bits per heavy atom. The number of halogens is 3. The predicted octanol–water partition coefficient (Wildman–Crippen LogP) is 4.09. The molecule has 1 aliphatic rings. The molecule has 0 spiro atoms.